The molecular weight excluding hydrogens is 388 g/mol. The van der Waals surface area contributed by atoms with Crippen LogP contribution in [-0.2, 0) is 21.4 Å². The zero-order chi connectivity index (χ0) is 20.2. The second-order valence-corrected chi connectivity index (χ2v) is 8.55. The number of carbonyl (C=O) groups is 1. The highest BCUT2D eigenvalue weighted by Gasteiger charge is 2.31. The first kappa shape index (κ1) is 21.1. The number of methoxy groups -OCH3 is 1. The van der Waals surface area contributed by atoms with E-state index in [0.717, 1.165) is 21.9 Å². The molecule has 0 saturated heterocycles. The number of hydrogen-bond acceptors (Lipinski definition) is 4. The average molecular weight is 411 g/mol. The number of benzene rings is 2. The van der Waals surface area contributed by atoms with Gasteiger partial charge in [-0.25, -0.2) is 8.42 Å². The summed E-state index contributed by atoms with van der Waals surface area (Å²) in [5, 5.41) is 0.396. The Morgan fingerprint density at radius 2 is 1.81 bits per heavy atom. The molecular formula is C19H23ClN2O4S. The predicted octanol–water partition coefficient (Wildman–Crippen LogP) is 3.16. The lowest BCUT2D eigenvalue weighted by atomic mass is 10.2. The first-order valence-corrected chi connectivity index (χ1v) is 10.5. The molecule has 0 saturated carbocycles. The van der Waals surface area contributed by atoms with Gasteiger partial charge < -0.3 is 9.64 Å². The van der Waals surface area contributed by atoms with E-state index in [4.69, 9.17) is 16.3 Å². The summed E-state index contributed by atoms with van der Waals surface area (Å²) >= 11 is 5.99. The Labute approximate surface area is 165 Å². The van der Waals surface area contributed by atoms with Crippen LogP contribution in [0, 0.1) is 0 Å². The van der Waals surface area contributed by atoms with E-state index in [1.165, 1.54) is 11.0 Å². The lowest BCUT2D eigenvalue weighted by Crippen LogP contribution is -2.48. The van der Waals surface area contributed by atoms with Gasteiger partial charge in [-0.05, 0) is 42.8 Å². The maximum absolute atomic E-state index is 12.9. The van der Waals surface area contributed by atoms with E-state index in [-0.39, 0.29) is 5.91 Å². The fourth-order valence-corrected chi connectivity index (χ4v) is 4.16. The molecule has 1 atom stereocenters. The Morgan fingerprint density at radius 3 is 2.33 bits per heavy atom. The van der Waals surface area contributed by atoms with Crippen molar-refractivity contribution in [2.75, 3.05) is 24.7 Å². The van der Waals surface area contributed by atoms with Crippen molar-refractivity contribution in [3.63, 3.8) is 0 Å². The van der Waals surface area contributed by atoms with Gasteiger partial charge in [0.15, 0.2) is 0 Å². The van der Waals surface area contributed by atoms with Gasteiger partial charge in [-0.3, -0.25) is 9.10 Å². The van der Waals surface area contributed by atoms with Crippen molar-refractivity contribution in [2.45, 2.75) is 19.5 Å². The zero-order valence-corrected chi connectivity index (χ0v) is 17.3. The Bertz CT molecular complexity index is 900. The number of likely N-dealkylation sites (N-methyl/N-ethyl adjacent to an activating group) is 1. The topological polar surface area (TPSA) is 66.9 Å². The van der Waals surface area contributed by atoms with E-state index >= 15 is 0 Å². The molecule has 2 rings (SSSR count). The lowest BCUT2D eigenvalue weighted by molar-refractivity contribution is -0.131. The van der Waals surface area contributed by atoms with Crippen LogP contribution in [0.1, 0.15) is 12.5 Å². The molecule has 0 radical (unpaired) electrons. The first-order valence-electron chi connectivity index (χ1n) is 8.26. The Hall–Kier alpha value is -2.25. The lowest BCUT2D eigenvalue weighted by Gasteiger charge is -2.31. The largest absolute Gasteiger partial charge is 0.497 e. The van der Waals surface area contributed by atoms with Crippen molar-refractivity contribution < 1.29 is 17.9 Å². The maximum atomic E-state index is 12.9. The number of amides is 1. The van der Waals surface area contributed by atoms with Gasteiger partial charge in [-0.2, -0.15) is 0 Å². The van der Waals surface area contributed by atoms with Crippen LogP contribution in [0.25, 0.3) is 0 Å². The molecule has 1 amide bonds. The number of sulfonamides is 1. The molecule has 0 bridgehead atoms. The summed E-state index contributed by atoms with van der Waals surface area (Å²) < 4.78 is 30.9. The molecule has 2 aromatic rings. The van der Waals surface area contributed by atoms with Crippen LogP contribution < -0.4 is 9.04 Å². The van der Waals surface area contributed by atoms with Crippen LogP contribution in [0.4, 0.5) is 5.69 Å². The summed E-state index contributed by atoms with van der Waals surface area (Å²) in [5.41, 5.74) is 1.26. The molecule has 0 aliphatic carbocycles. The molecule has 0 aromatic heterocycles. The van der Waals surface area contributed by atoms with Crippen molar-refractivity contribution in [1.29, 1.82) is 0 Å². The smallest absolute Gasteiger partial charge is 0.246 e. The van der Waals surface area contributed by atoms with Gasteiger partial charge in [0.2, 0.25) is 15.9 Å². The van der Waals surface area contributed by atoms with Gasteiger partial charge in [-0.15, -0.1) is 0 Å². The van der Waals surface area contributed by atoms with Gasteiger partial charge >= 0.3 is 0 Å². The second kappa shape index (κ2) is 8.63. The fourth-order valence-electron chi connectivity index (χ4n) is 2.82. The van der Waals surface area contributed by atoms with Crippen molar-refractivity contribution in [1.82, 2.24) is 4.90 Å². The van der Waals surface area contributed by atoms with E-state index in [9.17, 15) is 13.2 Å². The molecule has 146 valence electrons. The number of carbonyl (C=O) groups excluding carboxylic acids is 1. The van der Waals surface area contributed by atoms with E-state index in [0.29, 0.717) is 17.3 Å². The SMILES string of the molecule is COc1ccc(CN(C)C(=O)[C@@H](C)N(c2cccc(Cl)c2)S(C)(=O)=O)cc1. The van der Waals surface area contributed by atoms with Crippen LogP contribution in [0.2, 0.25) is 5.02 Å². The summed E-state index contributed by atoms with van der Waals surface area (Å²) in [6.07, 6.45) is 1.07. The Morgan fingerprint density at radius 1 is 1.19 bits per heavy atom. The Kier molecular flexibility index (Phi) is 6.73. The highest BCUT2D eigenvalue weighted by molar-refractivity contribution is 7.92. The van der Waals surface area contributed by atoms with Crippen molar-refractivity contribution >= 4 is 33.2 Å². The third kappa shape index (κ3) is 5.37. The number of ether oxygens (including phenoxy) is 1. The van der Waals surface area contributed by atoms with Crippen molar-refractivity contribution in [3.8, 4) is 5.75 Å². The standard InChI is InChI=1S/C19H23ClN2O4S/c1-14(22(27(4,24)25)17-7-5-6-16(20)12-17)19(23)21(2)13-15-8-10-18(26-3)11-9-15/h5-12,14H,13H2,1-4H3/t14-/m1/s1. The number of hydrogen-bond donors (Lipinski definition) is 0. The molecule has 0 aliphatic heterocycles. The summed E-state index contributed by atoms with van der Waals surface area (Å²) in [6.45, 7) is 1.91. The van der Waals surface area contributed by atoms with E-state index < -0.39 is 16.1 Å². The second-order valence-electron chi connectivity index (χ2n) is 6.26. The molecule has 0 unspecified atom stereocenters. The fraction of sp³-hybridized carbons (Fsp3) is 0.316. The minimum atomic E-state index is -3.68. The molecule has 0 heterocycles. The zero-order valence-electron chi connectivity index (χ0n) is 15.7. The quantitative estimate of drug-likeness (QED) is 0.703. The van der Waals surface area contributed by atoms with Crippen LogP contribution in [0.15, 0.2) is 48.5 Å². The van der Waals surface area contributed by atoms with Gasteiger partial charge in [-0.1, -0.05) is 29.8 Å². The monoisotopic (exact) mass is 410 g/mol. The van der Waals surface area contributed by atoms with Gasteiger partial charge in [0.25, 0.3) is 0 Å². The molecule has 0 fully saturated rings. The Balaban J connectivity index is 2.23. The third-order valence-corrected chi connectivity index (χ3v) is 5.56. The van der Waals surface area contributed by atoms with Crippen LogP contribution >= 0.6 is 11.6 Å². The van der Waals surface area contributed by atoms with Crippen molar-refractivity contribution in [3.05, 3.63) is 59.1 Å². The number of halogens is 1. The molecule has 2 aromatic carbocycles. The summed E-state index contributed by atoms with van der Waals surface area (Å²) in [5.74, 6) is 0.404. The molecule has 6 nitrogen and oxygen atoms in total. The van der Waals surface area contributed by atoms with Crippen molar-refractivity contribution in [2.24, 2.45) is 0 Å². The van der Waals surface area contributed by atoms with Gasteiger partial charge in [0, 0.05) is 18.6 Å². The third-order valence-electron chi connectivity index (χ3n) is 4.08. The molecule has 0 aliphatic rings. The van der Waals surface area contributed by atoms with E-state index in [2.05, 4.69) is 0 Å². The highest BCUT2D eigenvalue weighted by atomic mass is 35.5. The maximum Gasteiger partial charge on any atom is 0.246 e. The van der Waals surface area contributed by atoms with Crippen LogP contribution in [0.3, 0.4) is 0 Å². The molecule has 27 heavy (non-hydrogen) atoms. The summed E-state index contributed by atoms with van der Waals surface area (Å²) in [4.78, 5) is 14.4. The van der Waals surface area contributed by atoms with E-state index in [1.807, 2.05) is 24.3 Å². The summed E-state index contributed by atoms with van der Waals surface area (Å²) in [6, 6.07) is 12.9. The molecule has 0 N–H and O–H groups in total. The molecule has 8 heteroatoms. The van der Waals surface area contributed by atoms with Crippen LogP contribution in [0.5, 0.6) is 5.75 Å². The molecule has 0 spiro atoms. The van der Waals surface area contributed by atoms with Gasteiger partial charge in [0.1, 0.15) is 11.8 Å². The number of anilines is 1. The highest BCUT2D eigenvalue weighted by Crippen LogP contribution is 2.25. The minimum absolute atomic E-state index is 0.323. The first-order chi connectivity index (χ1) is 12.6. The summed E-state index contributed by atoms with van der Waals surface area (Å²) in [7, 11) is -0.458. The van der Waals surface area contributed by atoms with E-state index in [1.54, 1.807) is 39.3 Å². The van der Waals surface area contributed by atoms with Crippen LogP contribution in [-0.4, -0.2) is 45.7 Å². The number of rotatable bonds is 7. The number of nitrogens with zero attached hydrogens (tertiary/aromatic N) is 2. The van der Waals surface area contributed by atoms with Gasteiger partial charge in [0.05, 0.1) is 19.1 Å². The predicted molar refractivity (Wildman–Crippen MR) is 108 cm³/mol. The average Bonchev–Trinajstić information content (AvgIpc) is 2.60. The normalized spacial score (nSPS) is 12.3. The minimum Gasteiger partial charge on any atom is -0.497 e.